The molecule has 0 fully saturated rings. The van der Waals surface area contributed by atoms with Gasteiger partial charge in [0.05, 0.1) is 45.7 Å². The lowest BCUT2D eigenvalue weighted by Crippen LogP contribution is -2.36. The fourth-order valence-electron chi connectivity index (χ4n) is 4.50. The number of benzene rings is 1. The van der Waals surface area contributed by atoms with E-state index < -0.39 is 17.3 Å². The van der Waals surface area contributed by atoms with Crippen LogP contribution in [-0.4, -0.2) is 76.1 Å². The Bertz CT molecular complexity index is 955. The predicted molar refractivity (Wildman–Crippen MR) is 169 cm³/mol. The van der Waals surface area contributed by atoms with Gasteiger partial charge < -0.3 is 38.5 Å². The molecule has 1 aromatic rings. The second-order valence-electron chi connectivity index (χ2n) is 13.0. The maximum Gasteiger partial charge on any atom is 0.408 e. The number of carbonyl (C=O) groups is 2. The molecule has 10 heteroatoms. The maximum absolute atomic E-state index is 12.3. The Hall–Kier alpha value is -2.56. The average Bonchev–Trinajstić information content (AvgIpc) is 2.92. The van der Waals surface area contributed by atoms with Gasteiger partial charge in [0.15, 0.2) is 0 Å². The van der Waals surface area contributed by atoms with Gasteiger partial charge in [-0.2, -0.15) is 0 Å². The minimum absolute atomic E-state index is 0.135. The Morgan fingerprint density at radius 3 is 1.93 bits per heavy atom. The van der Waals surface area contributed by atoms with Gasteiger partial charge >= 0.3 is 12.1 Å². The smallest absolute Gasteiger partial charge is 0.408 e. The first kappa shape index (κ1) is 37.6. The van der Waals surface area contributed by atoms with Gasteiger partial charge in [0, 0.05) is 31.6 Å². The van der Waals surface area contributed by atoms with Gasteiger partial charge in [-0.15, -0.1) is 0 Å². The van der Waals surface area contributed by atoms with Crippen LogP contribution in [0.2, 0.25) is 0 Å². The Morgan fingerprint density at radius 2 is 1.32 bits per heavy atom. The maximum atomic E-state index is 12.3. The molecule has 0 bridgehead atoms. The van der Waals surface area contributed by atoms with Crippen LogP contribution in [-0.2, 0) is 28.5 Å². The third-order valence-corrected chi connectivity index (χ3v) is 6.50. The van der Waals surface area contributed by atoms with Gasteiger partial charge in [-0.25, -0.2) is 4.79 Å². The minimum Gasteiger partial charge on any atom is -0.494 e. The molecular weight excluding hydrogens is 566 g/mol. The lowest BCUT2D eigenvalue weighted by atomic mass is 10.0. The largest absolute Gasteiger partial charge is 0.494 e. The first-order valence-corrected chi connectivity index (χ1v) is 16.3. The van der Waals surface area contributed by atoms with Crippen molar-refractivity contribution in [2.75, 3.05) is 52.9 Å². The normalized spacial score (nSPS) is 14.8. The number of hydrogen-bond acceptors (Lipinski definition) is 9. The molecule has 0 saturated carbocycles. The van der Waals surface area contributed by atoms with Crippen molar-refractivity contribution in [3.63, 3.8) is 0 Å². The van der Waals surface area contributed by atoms with Crippen LogP contribution < -0.4 is 14.8 Å². The van der Waals surface area contributed by atoms with E-state index in [1.54, 1.807) is 0 Å². The van der Waals surface area contributed by atoms with Crippen molar-refractivity contribution in [3.05, 3.63) is 23.8 Å². The molecule has 10 nitrogen and oxygen atoms in total. The summed E-state index contributed by atoms with van der Waals surface area (Å²) in [6, 6.07) is 5.60. The number of amides is 1. The average molecular weight is 624 g/mol. The molecule has 1 aliphatic heterocycles. The van der Waals surface area contributed by atoms with E-state index in [4.69, 9.17) is 33.2 Å². The van der Waals surface area contributed by atoms with E-state index in [0.29, 0.717) is 59.1 Å². The number of alkyl carbamates (subject to hydrolysis) is 1. The van der Waals surface area contributed by atoms with Crippen LogP contribution in [0.1, 0.15) is 111 Å². The number of nitrogens with one attached hydrogen (secondary N) is 1. The van der Waals surface area contributed by atoms with Crippen molar-refractivity contribution in [2.45, 2.75) is 117 Å². The Morgan fingerprint density at radius 1 is 0.750 bits per heavy atom. The summed E-state index contributed by atoms with van der Waals surface area (Å²) in [6.07, 6.45) is 7.51. The summed E-state index contributed by atoms with van der Waals surface area (Å²) in [7, 11) is 0. The summed E-state index contributed by atoms with van der Waals surface area (Å²) < 4.78 is 39.3. The topological polar surface area (TPSA) is 111 Å². The summed E-state index contributed by atoms with van der Waals surface area (Å²) in [4.78, 5) is 23.9. The third-order valence-electron chi connectivity index (χ3n) is 6.50. The number of esters is 1. The van der Waals surface area contributed by atoms with Crippen molar-refractivity contribution in [1.29, 1.82) is 0 Å². The van der Waals surface area contributed by atoms with E-state index in [1.165, 1.54) is 0 Å². The van der Waals surface area contributed by atoms with Gasteiger partial charge in [0.2, 0.25) is 0 Å². The molecule has 44 heavy (non-hydrogen) atoms. The molecule has 1 heterocycles. The first-order chi connectivity index (χ1) is 20.9. The molecule has 1 aromatic carbocycles. The zero-order chi connectivity index (χ0) is 32.3. The summed E-state index contributed by atoms with van der Waals surface area (Å²) >= 11 is 0. The minimum atomic E-state index is -0.547. The van der Waals surface area contributed by atoms with Crippen molar-refractivity contribution in [2.24, 2.45) is 0 Å². The van der Waals surface area contributed by atoms with Crippen LogP contribution in [0.4, 0.5) is 4.79 Å². The molecule has 252 valence electrons. The van der Waals surface area contributed by atoms with Crippen molar-refractivity contribution >= 4 is 12.1 Å². The lowest BCUT2D eigenvalue weighted by Gasteiger charge is -2.28. The summed E-state index contributed by atoms with van der Waals surface area (Å²) in [6.45, 7) is 16.0. The summed E-state index contributed by atoms with van der Waals surface area (Å²) in [5.41, 5.74) is -0.0491. The highest BCUT2D eigenvalue weighted by Crippen LogP contribution is 2.35. The van der Waals surface area contributed by atoms with E-state index in [0.717, 1.165) is 68.6 Å². The first-order valence-electron chi connectivity index (χ1n) is 16.3. The Kier molecular flexibility index (Phi) is 17.5. The SMILES string of the molecule is CC(C)(C)OC(=O)CCCCCOCCOCCOCCCCCCOc1ccc2c(c1)C(NC(=O)OC(C)(C)C)CCO2. The van der Waals surface area contributed by atoms with Crippen LogP contribution in [0.25, 0.3) is 0 Å². The van der Waals surface area contributed by atoms with Crippen molar-refractivity contribution in [3.8, 4) is 11.5 Å². The molecule has 0 saturated heterocycles. The zero-order valence-corrected chi connectivity index (χ0v) is 28.0. The lowest BCUT2D eigenvalue weighted by molar-refractivity contribution is -0.154. The Balaban J connectivity index is 1.40. The zero-order valence-electron chi connectivity index (χ0n) is 28.0. The van der Waals surface area contributed by atoms with Gasteiger partial charge in [-0.3, -0.25) is 4.79 Å². The van der Waals surface area contributed by atoms with E-state index in [1.807, 2.05) is 59.7 Å². The number of fused-ring (bicyclic) bond motifs is 1. The number of hydrogen-bond donors (Lipinski definition) is 1. The fourth-order valence-corrected chi connectivity index (χ4v) is 4.50. The van der Waals surface area contributed by atoms with Gasteiger partial charge in [0.25, 0.3) is 0 Å². The highest BCUT2D eigenvalue weighted by Gasteiger charge is 2.26. The predicted octanol–water partition coefficient (Wildman–Crippen LogP) is 6.93. The third kappa shape index (κ3) is 18.3. The number of unbranched alkanes of at least 4 members (excludes halogenated alkanes) is 5. The molecule has 0 aromatic heterocycles. The molecule has 1 aliphatic rings. The quantitative estimate of drug-likeness (QED) is 0.115. The van der Waals surface area contributed by atoms with E-state index in [-0.39, 0.29) is 12.0 Å². The van der Waals surface area contributed by atoms with Gasteiger partial charge in [-0.05, 0) is 91.8 Å². The molecule has 1 N–H and O–H groups in total. The standard InChI is InChI=1S/C34H57NO9/c1-33(2,3)43-31(36)14-10-9-12-19-39-23-25-40-24-22-38-18-11-7-8-13-20-41-27-15-16-30-28(26-27)29(17-21-42-30)35-32(37)44-34(4,5)6/h15-16,26,29H,7-14,17-25H2,1-6H3,(H,35,37). The molecule has 1 atom stereocenters. The van der Waals surface area contributed by atoms with Crippen LogP contribution >= 0.6 is 0 Å². The second-order valence-corrected chi connectivity index (χ2v) is 13.0. The number of rotatable bonds is 21. The highest BCUT2D eigenvalue weighted by molar-refractivity contribution is 5.69. The Labute approximate surface area is 264 Å². The molecule has 0 radical (unpaired) electrons. The monoisotopic (exact) mass is 623 g/mol. The molecular formula is C34H57NO9. The van der Waals surface area contributed by atoms with Crippen LogP contribution in [0.15, 0.2) is 18.2 Å². The van der Waals surface area contributed by atoms with Crippen LogP contribution in [0.3, 0.4) is 0 Å². The summed E-state index contributed by atoms with van der Waals surface area (Å²) in [5.74, 6) is 1.40. The van der Waals surface area contributed by atoms with Crippen molar-refractivity contribution in [1.82, 2.24) is 5.32 Å². The molecule has 0 spiro atoms. The number of ether oxygens (including phenoxy) is 7. The molecule has 1 unspecified atom stereocenters. The van der Waals surface area contributed by atoms with Gasteiger partial charge in [-0.1, -0.05) is 12.8 Å². The van der Waals surface area contributed by atoms with E-state index in [2.05, 4.69) is 5.32 Å². The van der Waals surface area contributed by atoms with Crippen LogP contribution in [0, 0.1) is 0 Å². The van der Waals surface area contributed by atoms with Crippen molar-refractivity contribution < 1.29 is 42.7 Å². The molecule has 1 amide bonds. The van der Waals surface area contributed by atoms with Gasteiger partial charge in [0.1, 0.15) is 22.7 Å². The highest BCUT2D eigenvalue weighted by atomic mass is 16.6. The number of carbonyl (C=O) groups excluding carboxylic acids is 2. The second kappa shape index (κ2) is 20.5. The molecule has 2 rings (SSSR count). The molecule has 0 aliphatic carbocycles. The van der Waals surface area contributed by atoms with E-state index >= 15 is 0 Å². The summed E-state index contributed by atoms with van der Waals surface area (Å²) in [5, 5.41) is 2.96. The fraction of sp³-hybridized carbons (Fsp3) is 0.765. The van der Waals surface area contributed by atoms with E-state index in [9.17, 15) is 9.59 Å². The van der Waals surface area contributed by atoms with Crippen LogP contribution in [0.5, 0.6) is 11.5 Å².